The number of ether oxygens (including phenoxy) is 1. The standard InChI is InChI=1S/C31H39N3O5S/c1-22(2)32-31(36)29(19-25-11-8-7-9-12-25)33(20-26-13-10-14-27(18-26)39-5)30(35)21-34(40(6,37)38)28-16-15-23(3)17-24(28)4/h7-18,22,29H,19-21H2,1-6H3,(H,32,36)/t29-/m0/s1. The molecule has 0 bridgehead atoms. The van der Waals surface area contributed by atoms with Crippen LogP contribution in [0.2, 0.25) is 0 Å². The summed E-state index contributed by atoms with van der Waals surface area (Å²) in [6, 6.07) is 21.1. The van der Waals surface area contributed by atoms with Crippen molar-refractivity contribution < 1.29 is 22.7 Å². The lowest BCUT2D eigenvalue weighted by Crippen LogP contribution is -2.54. The molecule has 0 aromatic heterocycles. The molecule has 0 unspecified atom stereocenters. The molecule has 0 fully saturated rings. The van der Waals surface area contributed by atoms with Crippen LogP contribution in [0.5, 0.6) is 5.75 Å². The van der Waals surface area contributed by atoms with Crippen LogP contribution >= 0.6 is 0 Å². The third-order valence-electron chi connectivity index (χ3n) is 6.49. The number of hydrogen-bond acceptors (Lipinski definition) is 5. The second-order valence-electron chi connectivity index (χ2n) is 10.3. The Labute approximate surface area is 238 Å². The Morgan fingerprint density at radius 2 is 1.60 bits per heavy atom. The first kappa shape index (κ1) is 30.7. The number of amides is 2. The summed E-state index contributed by atoms with van der Waals surface area (Å²) in [7, 11) is -2.26. The Morgan fingerprint density at radius 1 is 0.925 bits per heavy atom. The van der Waals surface area contributed by atoms with Crippen molar-refractivity contribution in [1.82, 2.24) is 10.2 Å². The fraction of sp³-hybridized carbons (Fsp3) is 0.355. The summed E-state index contributed by atoms with van der Waals surface area (Å²) in [5.74, 6) is -0.190. The van der Waals surface area contributed by atoms with Gasteiger partial charge in [-0.3, -0.25) is 13.9 Å². The fourth-order valence-electron chi connectivity index (χ4n) is 4.58. The lowest BCUT2D eigenvalue weighted by Gasteiger charge is -2.34. The molecule has 3 aromatic rings. The van der Waals surface area contributed by atoms with Crippen LogP contribution in [0, 0.1) is 13.8 Å². The van der Waals surface area contributed by atoms with Crippen LogP contribution in [-0.4, -0.2) is 57.1 Å². The van der Waals surface area contributed by atoms with E-state index in [0.717, 1.165) is 32.8 Å². The highest BCUT2D eigenvalue weighted by Crippen LogP contribution is 2.25. The van der Waals surface area contributed by atoms with Crippen molar-refractivity contribution in [3.05, 3.63) is 95.1 Å². The van der Waals surface area contributed by atoms with E-state index in [0.29, 0.717) is 11.4 Å². The number of nitrogens with zero attached hydrogens (tertiary/aromatic N) is 2. The van der Waals surface area contributed by atoms with Gasteiger partial charge in [-0.1, -0.05) is 60.2 Å². The van der Waals surface area contributed by atoms with Gasteiger partial charge in [-0.25, -0.2) is 8.42 Å². The van der Waals surface area contributed by atoms with Crippen molar-refractivity contribution in [2.75, 3.05) is 24.2 Å². The zero-order valence-corrected chi connectivity index (χ0v) is 24.9. The van der Waals surface area contributed by atoms with Gasteiger partial charge in [0.1, 0.15) is 18.3 Å². The van der Waals surface area contributed by atoms with Gasteiger partial charge in [0.15, 0.2) is 0 Å². The van der Waals surface area contributed by atoms with E-state index >= 15 is 0 Å². The van der Waals surface area contributed by atoms with Gasteiger partial charge < -0.3 is 15.0 Å². The Kier molecular flexibility index (Phi) is 10.3. The molecule has 0 spiro atoms. The molecule has 1 N–H and O–H groups in total. The van der Waals surface area contributed by atoms with Crippen LogP contribution in [0.3, 0.4) is 0 Å². The number of sulfonamides is 1. The highest BCUT2D eigenvalue weighted by atomic mass is 32.2. The fourth-order valence-corrected chi connectivity index (χ4v) is 5.49. The predicted octanol–water partition coefficient (Wildman–Crippen LogP) is 4.24. The van der Waals surface area contributed by atoms with E-state index in [1.807, 2.05) is 82.3 Å². The highest BCUT2D eigenvalue weighted by molar-refractivity contribution is 7.92. The van der Waals surface area contributed by atoms with E-state index < -0.39 is 28.5 Å². The number of carbonyl (C=O) groups excluding carboxylic acids is 2. The smallest absolute Gasteiger partial charge is 0.244 e. The van der Waals surface area contributed by atoms with Crippen molar-refractivity contribution in [3.8, 4) is 5.75 Å². The molecular weight excluding hydrogens is 526 g/mol. The molecule has 0 aliphatic rings. The van der Waals surface area contributed by atoms with Crippen LogP contribution in [0.1, 0.15) is 36.1 Å². The summed E-state index contributed by atoms with van der Waals surface area (Å²) in [5, 5.41) is 2.95. The van der Waals surface area contributed by atoms with Gasteiger partial charge >= 0.3 is 0 Å². The van der Waals surface area contributed by atoms with Crippen LogP contribution in [-0.2, 0) is 32.6 Å². The van der Waals surface area contributed by atoms with E-state index in [1.54, 1.807) is 25.3 Å². The first-order valence-corrected chi connectivity index (χ1v) is 15.1. The highest BCUT2D eigenvalue weighted by Gasteiger charge is 2.33. The zero-order chi connectivity index (χ0) is 29.4. The maximum Gasteiger partial charge on any atom is 0.244 e. The average Bonchev–Trinajstić information content (AvgIpc) is 2.89. The number of nitrogens with one attached hydrogen (secondary N) is 1. The van der Waals surface area contributed by atoms with Crippen LogP contribution < -0.4 is 14.4 Å². The molecular formula is C31H39N3O5S. The largest absolute Gasteiger partial charge is 0.497 e. The predicted molar refractivity (Wildman–Crippen MR) is 159 cm³/mol. The van der Waals surface area contributed by atoms with Crippen molar-refractivity contribution >= 4 is 27.5 Å². The first-order chi connectivity index (χ1) is 18.9. The lowest BCUT2D eigenvalue weighted by molar-refractivity contribution is -0.140. The Balaban J connectivity index is 2.09. The minimum Gasteiger partial charge on any atom is -0.497 e. The van der Waals surface area contributed by atoms with E-state index in [2.05, 4.69) is 5.32 Å². The van der Waals surface area contributed by atoms with Gasteiger partial charge in [0.25, 0.3) is 0 Å². The van der Waals surface area contributed by atoms with Gasteiger partial charge in [-0.05, 0) is 62.6 Å². The normalized spacial score (nSPS) is 12.1. The van der Waals surface area contributed by atoms with Crippen LogP contribution in [0.25, 0.3) is 0 Å². The quantitative estimate of drug-likeness (QED) is 0.354. The molecule has 1 atom stereocenters. The summed E-state index contributed by atoms with van der Waals surface area (Å²) >= 11 is 0. The molecule has 40 heavy (non-hydrogen) atoms. The molecule has 214 valence electrons. The Hall–Kier alpha value is -3.85. The molecule has 0 aliphatic heterocycles. The summed E-state index contributed by atoms with van der Waals surface area (Å²) in [5.41, 5.74) is 3.77. The maximum absolute atomic E-state index is 14.1. The van der Waals surface area contributed by atoms with E-state index in [9.17, 15) is 18.0 Å². The van der Waals surface area contributed by atoms with Crippen molar-refractivity contribution in [1.29, 1.82) is 0 Å². The maximum atomic E-state index is 14.1. The molecule has 3 rings (SSSR count). The van der Waals surface area contributed by atoms with E-state index in [4.69, 9.17) is 4.74 Å². The monoisotopic (exact) mass is 565 g/mol. The number of carbonyl (C=O) groups is 2. The van der Waals surface area contributed by atoms with Crippen LogP contribution in [0.4, 0.5) is 5.69 Å². The minimum atomic E-state index is -3.82. The summed E-state index contributed by atoms with van der Waals surface area (Å²) in [4.78, 5) is 29.2. The topological polar surface area (TPSA) is 96.0 Å². The van der Waals surface area contributed by atoms with E-state index in [-0.39, 0.29) is 24.9 Å². The number of anilines is 1. The number of aryl methyl sites for hydroxylation is 2. The minimum absolute atomic E-state index is 0.0868. The summed E-state index contributed by atoms with van der Waals surface area (Å²) in [6.45, 7) is 7.09. The van der Waals surface area contributed by atoms with Gasteiger partial charge in [-0.2, -0.15) is 0 Å². The molecule has 0 heterocycles. The molecule has 9 heteroatoms. The summed E-state index contributed by atoms with van der Waals surface area (Å²) < 4.78 is 32.4. The molecule has 0 saturated carbocycles. The molecule has 0 aliphatic carbocycles. The van der Waals surface area contributed by atoms with E-state index in [1.165, 1.54) is 4.90 Å². The molecule has 0 saturated heterocycles. The second-order valence-corrected chi connectivity index (χ2v) is 12.2. The lowest BCUT2D eigenvalue weighted by atomic mass is 10.0. The number of benzene rings is 3. The molecule has 8 nitrogen and oxygen atoms in total. The van der Waals surface area contributed by atoms with Gasteiger partial charge in [0.05, 0.1) is 19.1 Å². The number of methoxy groups -OCH3 is 1. The number of rotatable bonds is 12. The molecule has 0 radical (unpaired) electrons. The van der Waals surface area contributed by atoms with Crippen molar-refractivity contribution in [2.24, 2.45) is 0 Å². The second kappa shape index (κ2) is 13.5. The summed E-state index contributed by atoms with van der Waals surface area (Å²) in [6.07, 6.45) is 1.34. The Bertz CT molecular complexity index is 1420. The van der Waals surface area contributed by atoms with Gasteiger partial charge in [0, 0.05) is 19.0 Å². The molecule has 2 amide bonds. The zero-order valence-electron chi connectivity index (χ0n) is 24.0. The Morgan fingerprint density at radius 3 is 2.20 bits per heavy atom. The van der Waals surface area contributed by atoms with Crippen LogP contribution in [0.15, 0.2) is 72.8 Å². The first-order valence-electron chi connectivity index (χ1n) is 13.2. The van der Waals surface area contributed by atoms with Crippen molar-refractivity contribution in [2.45, 2.75) is 52.7 Å². The SMILES string of the molecule is COc1cccc(CN(C(=O)CN(c2ccc(C)cc2C)S(C)(=O)=O)[C@@H](Cc2ccccc2)C(=O)NC(C)C)c1. The van der Waals surface area contributed by atoms with Gasteiger partial charge in [0.2, 0.25) is 21.8 Å². The average molecular weight is 566 g/mol. The van der Waals surface area contributed by atoms with Crippen molar-refractivity contribution in [3.63, 3.8) is 0 Å². The third kappa shape index (κ3) is 8.32. The van der Waals surface area contributed by atoms with Gasteiger partial charge in [-0.15, -0.1) is 0 Å². The third-order valence-corrected chi connectivity index (χ3v) is 7.62. The number of hydrogen-bond donors (Lipinski definition) is 1. The molecule has 3 aromatic carbocycles.